The van der Waals surface area contributed by atoms with Gasteiger partial charge in [-0.1, -0.05) is 32.6 Å². The molecule has 0 aromatic rings. The summed E-state index contributed by atoms with van der Waals surface area (Å²) in [6.45, 7) is 3.99. The summed E-state index contributed by atoms with van der Waals surface area (Å²) in [6.07, 6.45) is 4.65. The molecule has 0 radical (unpaired) electrons. The van der Waals surface area contributed by atoms with Crippen LogP contribution in [-0.4, -0.2) is 44.1 Å². The fraction of sp³-hybridized carbons (Fsp3) is 1.00. The molecular weight excluding hydrogens is 224 g/mol. The van der Waals surface area contributed by atoms with Crippen molar-refractivity contribution in [3.05, 3.63) is 0 Å². The Morgan fingerprint density at radius 1 is 1.25 bits per heavy atom. The van der Waals surface area contributed by atoms with Gasteiger partial charge < -0.3 is 19.1 Å². The van der Waals surface area contributed by atoms with E-state index >= 15 is 0 Å². The molecule has 1 rings (SSSR count). The van der Waals surface area contributed by atoms with E-state index < -0.39 is 8.56 Å². The van der Waals surface area contributed by atoms with Crippen LogP contribution in [0.5, 0.6) is 0 Å². The molecule has 5 heteroatoms. The van der Waals surface area contributed by atoms with Crippen molar-refractivity contribution >= 4 is 8.56 Å². The van der Waals surface area contributed by atoms with Gasteiger partial charge in [-0.3, -0.25) is 0 Å². The van der Waals surface area contributed by atoms with Gasteiger partial charge in [0.05, 0.1) is 13.2 Å². The summed E-state index contributed by atoms with van der Waals surface area (Å²) in [6, 6.07) is 1.00. The lowest BCUT2D eigenvalue weighted by atomic mass is 10.2. The smallest absolute Gasteiger partial charge is 0.335 e. The van der Waals surface area contributed by atoms with Crippen molar-refractivity contribution in [2.45, 2.75) is 50.8 Å². The summed E-state index contributed by atoms with van der Waals surface area (Å²) >= 11 is 0. The Balaban J connectivity index is 1.93. The standard InChI is InChI=1S/C11H24O4Si/c1-2-3-4-5-7-16(12,13)8-6-14-9-11-10-15-11/h11-13H,2-10H2,1H3. The Hall–Kier alpha value is 0.0569. The molecular formula is C11H24O4Si. The third-order valence-electron chi connectivity index (χ3n) is 2.78. The van der Waals surface area contributed by atoms with Crippen molar-refractivity contribution in [3.63, 3.8) is 0 Å². The highest BCUT2D eigenvalue weighted by Crippen LogP contribution is 2.15. The van der Waals surface area contributed by atoms with Crippen LogP contribution in [0.1, 0.15) is 32.6 Å². The lowest BCUT2D eigenvalue weighted by Crippen LogP contribution is -2.35. The fourth-order valence-electron chi connectivity index (χ4n) is 1.57. The molecule has 1 aliphatic heterocycles. The zero-order chi connectivity index (χ0) is 11.9. The van der Waals surface area contributed by atoms with E-state index in [9.17, 15) is 9.59 Å². The van der Waals surface area contributed by atoms with Crippen molar-refractivity contribution < 1.29 is 19.1 Å². The molecule has 2 N–H and O–H groups in total. The van der Waals surface area contributed by atoms with Crippen LogP contribution in [0, 0.1) is 0 Å². The highest BCUT2D eigenvalue weighted by molar-refractivity contribution is 6.64. The van der Waals surface area contributed by atoms with Crippen LogP contribution in [0.3, 0.4) is 0 Å². The molecule has 0 amide bonds. The van der Waals surface area contributed by atoms with Gasteiger partial charge in [-0.2, -0.15) is 0 Å². The molecule has 1 unspecified atom stereocenters. The first-order valence-corrected chi connectivity index (χ1v) is 8.59. The van der Waals surface area contributed by atoms with Crippen LogP contribution in [0.25, 0.3) is 0 Å². The van der Waals surface area contributed by atoms with Gasteiger partial charge in [0.1, 0.15) is 6.10 Å². The number of epoxide rings is 1. The third-order valence-corrected chi connectivity index (χ3v) is 4.94. The van der Waals surface area contributed by atoms with E-state index in [1.165, 1.54) is 12.8 Å². The van der Waals surface area contributed by atoms with Gasteiger partial charge in [-0.25, -0.2) is 0 Å². The molecule has 0 bridgehead atoms. The second kappa shape index (κ2) is 7.40. The molecule has 1 aliphatic rings. The molecule has 16 heavy (non-hydrogen) atoms. The van der Waals surface area contributed by atoms with Gasteiger partial charge in [0, 0.05) is 12.7 Å². The predicted octanol–water partition coefficient (Wildman–Crippen LogP) is 1.41. The van der Waals surface area contributed by atoms with E-state index in [2.05, 4.69) is 6.92 Å². The number of rotatable bonds is 10. The maximum Gasteiger partial charge on any atom is 0.335 e. The summed E-state index contributed by atoms with van der Waals surface area (Å²) < 4.78 is 10.3. The molecule has 0 aliphatic carbocycles. The number of ether oxygens (including phenoxy) is 2. The molecule has 1 saturated heterocycles. The lowest BCUT2D eigenvalue weighted by molar-refractivity contribution is 0.122. The quantitative estimate of drug-likeness (QED) is 0.348. The second-order valence-corrected chi connectivity index (χ2v) is 7.54. The molecule has 0 saturated carbocycles. The van der Waals surface area contributed by atoms with Crippen molar-refractivity contribution in [2.24, 2.45) is 0 Å². The highest BCUT2D eigenvalue weighted by atomic mass is 28.4. The topological polar surface area (TPSA) is 62.2 Å². The zero-order valence-corrected chi connectivity index (χ0v) is 11.2. The molecule has 0 spiro atoms. The van der Waals surface area contributed by atoms with E-state index in [0.29, 0.717) is 25.3 Å². The zero-order valence-electron chi connectivity index (χ0n) is 10.2. The monoisotopic (exact) mass is 248 g/mol. The van der Waals surface area contributed by atoms with Crippen molar-refractivity contribution in [2.75, 3.05) is 19.8 Å². The van der Waals surface area contributed by atoms with Gasteiger partial charge in [-0.05, 0) is 6.04 Å². The Morgan fingerprint density at radius 2 is 2.00 bits per heavy atom. The second-order valence-electron chi connectivity index (χ2n) is 4.57. The van der Waals surface area contributed by atoms with Crippen LogP contribution in [0.4, 0.5) is 0 Å². The Morgan fingerprint density at radius 3 is 2.62 bits per heavy atom. The number of unbranched alkanes of at least 4 members (excludes halogenated alkanes) is 3. The van der Waals surface area contributed by atoms with Gasteiger partial charge in [0.2, 0.25) is 0 Å². The average molecular weight is 248 g/mol. The summed E-state index contributed by atoms with van der Waals surface area (Å²) in [4.78, 5) is 19.6. The van der Waals surface area contributed by atoms with Crippen LogP contribution in [-0.2, 0) is 9.47 Å². The maximum atomic E-state index is 9.78. The highest BCUT2D eigenvalue weighted by Gasteiger charge is 2.28. The Kier molecular flexibility index (Phi) is 6.53. The molecule has 1 heterocycles. The number of hydrogen-bond donors (Lipinski definition) is 2. The van der Waals surface area contributed by atoms with E-state index in [1.807, 2.05) is 0 Å². The largest absolute Gasteiger partial charge is 0.411 e. The fourth-order valence-corrected chi connectivity index (χ4v) is 3.11. The maximum absolute atomic E-state index is 9.78. The molecule has 0 aromatic heterocycles. The van der Waals surface area contributed by atoms with Crippen LogP contribution < -0.4 is 0 Å². The minimum atomic E-state index is -2.97. The first-order valence-electron chi connectivity index (χ1n) is 6.28. The minimum Gasteiger partial charge on any atom is -0.411 e. The van der Waals surface area contributed by atoms with Crippen LogP contribution in [0.2, 0.25) is 12.1 Å². The SMILES string of the molecule is CCCCCC[Si](O)(O)CCOCC1CO1. The van der Waals surface area contributed by atoms with Crippen molar-refractivity contribution in [1.29, 1.82) is 0 Å². The van der Waals surface area contributed by atoms with Gasteiger partial charge in [0.25, 0.3) is 0 Å². The normalized spacial score (nSPS) is 20.1. The summed E-state index contributed by atoms with van der Waals surface area (Å²) in [5.74, 6) is 0. The van der Waals surface area contributed by atoms with Crippen molar-refractivity contribution in [1.82, 2.24) is 0 Å². The molecule has 1 atom stereocenters. The average Bonchev–Trinajstić information content (AvgIpc) is 3.04. The minimum absolute atomic E-state index is 0.262. The lowest BCUT2D eigenvalue weighted by Gasteiger charge is -2.17. The summed E-state index contributed by atoms with van der Waals surface area (Å²) in [5, 5.41) is 0. The molecule has 0 aromatic carbocycles. The predicted molar refractivity (Wildman–Crippen MR) is 64.5 cm³/mol. The number of hydrogen-bond acceptors (Lipinski definition) is 4. The third kappa shape index (κ3) is 7.35. The first kappa shape index (κ1) is 14.1. The van der Waals surface area contributed by atoms with E-state index in [4.69, 9.17) is 9.47 Å². The van der Waals surface area contributed by atoms with Gasteiger partial charge in [-0.15, -0.1) is 0 Å². The summed E-state index contributed by atoms with van der Waals surface area (Å²) in [5.41, 5.74) is 0. The van der Waals surface area contributed by atoms with Crippen molar-refractivity contribution in [3.8, 4) is 0 Å². The van der Waals surface area contributed by atoms with Gasteiger partial charge in [0.15, 0.2) is 0 Å². The van der Waals surface area contributed by atoms with Crippen LogP contribution in [0.15, 0.2) is 0 Å². The van der Waals surface area contributed by atoms with E-state index in [-0.39, 0.29) is 6.10 Å². The Bertz CT molecular complexity index is 183. The Labute approximate surface area is 98.8 Å². The van der Waals surface area contributed by atoms with Gasteiger partial charge >= 0.3 is 8.56 Å². The van der Waals surface area contributed by atoms with Crippen LogP contribution >= 0.6 is 0 Å². The molecule has 4 nitrogen and oxygen atoms in total. The molecule has 96 valence electrons. The van der Waals surface area contributed by atoms with E-state index in [0.717, 1.165) is 19.4 Å². The first-order chi connectivity index (χ1) is 7.64. The summed E-state index contributed by atoms with van der Waals surface area (Å²) in [7, 11) is -2.97. The van der Waals surface area contributed by atoms with E-state index in [1.54, 1.807) is 0 Å². The molecule has 1 fully saturated rings.